The highest BCUT2D eigenvalue weighted by Gasteiger charge is 2.24. The quantitative estimate of drug-likeness (QED) is 0.454. The van der Waals surface area contributed by atoms with Crippen molar-refractivity contribution in [3.63, 3.8) is 0 Å². The maximum atomic E-state index is 11.3. The summed E-state index contributed by atoms with van der Waals surface area (Å²) in [5.74, 6) is 0.0566. The molecule has 9 heteroatoms. The smallest absolute Gasteiger partial charge is 0.338 e. The summed E-state index contributed by atoms with van der Waals surface area (Å²) in [5, 5.41) is 17.9. The van der Waals surface area contributed by atoms with Gasteiger partial charge in [0.05, 0.1) is 30.4 Å². The van der Waals surface area contributed by atoms with E-state index in [9.17, 15) is 9.90 Å². The molecule has 0 amide bonds. The zero-order chi connectivity index (χ0) is 23.7. The first-order chi connectivity index (χ1) is 16.5. The highest BCUT2D eigenvalue weighted by Crippen LogP contribution is 2.26. The second-order valence-corrected chi connectivity index (χ2v) is 8.40. The summed E-state index contributed by atoms with van der Waals surface area (Å²) in [6, 6.07) is 14.1. The second kappa shape index (κ2) is 9.20. The number of benzene rings is 2. The SMILES string of the molecule is Cc1cccc(C)c1CNC1CN(c2nc(-n3cc(C(=O)O)cn3)nc3ccccc23)CCO1. The first-order valence-corrected chi connectivity index (χ1v) is 11.2. The fraction of sp³-hybridized carbons (Fsp3) is 0.280. The molecule has 0 saturated carbocycles. The molecule has 9 nitrogen and oxygen atoms in total. The average molecular weight is 459 g/mol. The third-order valence-electron chi connectivity index (χ3n) is 6.12. The molecular formula is C25H26N6O3. The van der Waals surface area contributed by atoms with Gasteiger partial charge in [0.25, 0.3) is 5.95 Å². The van der Waals surface area contributed by atoms with Crippen molar-refractivity contribution in [1.29, 1.82) is 0 Å². The maximum absolute atomic E-state index is 11.3. The molecule has 1 saturated heterocycles. The number of fused-ring (bicyclic) bond motifs is 1. The minimum Gasteiger partial charge on any atom is -0.478 e. The number of anilines is 1. The Morgan fingerprint density at radius 3 is 2.71 bits per heavy atom. The molecule has 0 aliphatic carbocycles. The van der Waals surface area contributed by atoms with Crippen LogP contribution in [0.4, 0.5) is 5.82 Å². The fourth-order valence-corrected chi connectivity index (χ4v) is 4.24. The van der Waals surface area contributed by atoms with Crippen molar-refractivity contribution in [2.24, 2.45) is 0 Å². The van der Waals surface area contributed by atoms with Crippen molar-refractivity contribution in [2.45, 2.75) is 26.6 Å². The molecule has 1 aliphatic rings. The van der Waals surface area contributed by atoms with Crippen LogP contribution in [-0.2, 0) is 11.3 Å². The number of ether oxygens (including phenoxy) is 1. The van der Waals surface area contributed by atoms with Crippen molar-refractivity contribution < 1.29 is 14.6 Å². The van der Waals surface area contributed by atoms with E-state index < -0.39 is 5.97 Å². The highest BCUT2D eigenvalue weighted by atomic mass is 16.5. The van der Waals surface area contributed by atoms with Crippen LogP contribution < -0.4 is 10.2 Å². The van der Waals surface area contributed by atoms with Crippen molar-refractivity contribution in [1.82, 2.24) is 25.1 Å². The first-order valence-electron chi connectivity index (χ1n) is 11.2. The van der Waals surface area contributed by atoms with Gasteiger partial charge in [0.2, 0.25) is 0 Å². The first kappa shape index (κ1) is 22.0. The lowest BCUT2D eigenvalue weighted by Gasteiger charge is -2.35. The van der Waals surface area contributed by atoms with Crippen molar-refractivity contribution in [2.75, 3.05) is 24.6 Å². The number of hydrogen-bond acceptors (Lipinski definition) is 7. The molecule has 174 valence electrons. The van der Waals surface area contributed by atoms with Gasteiger partial charge in [-0.25, -0.2) is 14.5 Å². The monoisotopic (exact) mass is 458 g/mol. The van der Waals surface area contributed by atoms with Gasteiger partial charge in [-0.15, -0.1) is 0 Å². The molecule has 1 unspecified atom stereocenters. The predicted octanol–water partition coefficient (Wildman–Crippen LogP) is 3.08. The van der Waals surface area contributed by atoms with Gasteiger partial charge in [-0.2, -0.15) is 10.1 Å². The number of aryl methyl sites for hydroxylation is 2. The number of para-hydroxylation sites is 1. The van der Waals surface area contributed by atoms with Crippen LogP contribution in [0.3, 0.4) is 0 Å². The number of nitrogens with one attached hydrogen (secondary N) is 1. The van der Waals surface area contributed by atoms with Crippen molar-refractivity contribution in [3.8, 4) is 5.95 Å². The van der Waals surface area contributed by atoms with Crippen LogP contribution in [0, 0.1) is 13.8 Å². The lowest BCUT2D eigenvalue weighted by Crippen LogP contribution is -2.49. The van der Waals surface area contributed by atoms with Gasteiger partial charge in [-0.1, -0.05) is 30.3 Å². The third kappa shape index (κ3) is 4.35. The largest absolute Gasteiger partial charge is 0.478 e. The Hall–Kier alpha value is -3.82. The predicted molar refractivity (Wildman–Crippen MR) is 128 cm³/mol. The van der Waals surface area contributed by atoms with E-state index in [2.05, 4.69) is 52.3 Å². The minimum atomic E-state index is -1.04. The van der Waals surface area contributed by atoms with Crippen LogP contribution >= 0.6 is 0 Å². The molecule has 0 spiro atoms. The number of rotatable bonds is 6. The Morgan fingerprint density at radius 2 is 1.94 bits per heavy atom. The fourth-order valence-electron chi connectivity index (χ4n) is 4.24. The standard InChI is InChI=1S/C25H26N6O3/c1-16-6-5-7-17(2)20(16)13-26-22-15-30(10-11-34-22)23-19-8-3-4-9-21(19)28-25(29-23)31-14-18(12-27-31)24(32)33/h3-9,12,14,22,26H,10-11,13,15H2,1-2H3,(H,32,33). The van der Waals surface area contributed by atoms with Crippen LogP contribution in [0.25, 0.3) is 16.9 Å². The molecule has 3 heterocycles. The van der Waals surface area contributed by atoms with E-state index >= 15 is 0 Å². The van der Waals surface area contributed by atoms with Gasteiger partial charge in [-0.05, 0) is 42.7 Å². The number of morpholine rings is 1. The Labute approximate surface area is 197 Å². The molecule has 2 aromatic carbocycles. The van der Waals surface area contributed by atoms with E-state index in [1.807, 2.05) is 24.3 Å². The summed E-state index contributed by atoms with van der Waals surface area (Å²) < 4.78 is 7.41. The Kier molecular flexibility index (Phi) is 5.95. The Morgan fingerprint density at radius 1 is 1.15 bits per heavy atom. The van der Waals surface area contributed by atoms with E-state index in [-0.39, 0.29) is 11.8 Å². The Balaban J connectivity index is 1.42. The number of carboxylic acid groups (broad SMARTS) is 1. The summed E-state index contributed by atoms with van der Waals surface area (Å²) in [7, 11) is 0. The minimum absolute atomic E-state index is 0.0837. The van der Waals surface area contributed by atoms with Crippen LogP contribution in [0.1, 0.15) is 27.0 Å². The molecule has 2 aromatic heterocycles. The number of aromatic carboxylic acids is 1. The van der Waals surface area contributed by atoms with Crippen LogP contribution in [0.15, 0.2) is 54.9 Å². The molecule has 5 rings (SSSR count). The van der Waals surface area contributed by atoms with Gasteiger partial charge in [0, 0.05) is 24.7 Å². The van der Waals surface area contributed by atoms with E-state index in [1.165, 1.54) is 33.8 Å². The lowest BCUT2D eigenvalue weighted by molar-refractivity contribution is 0.0167. The summed E-state index contributed by atoms with van der Waals surface area (Å²) in [6.45, 7) is 6.82. The zero-order valence-electron chi connectivity index (χ0n) is 19.1. The molecule has 34 heavy (non-hydrogen) atoms. The van der Waals surface area contributed by atoms with Gasteiger partial charge in [0.15, 0.2) is 0 Å². The lowest BCUT2D eigenvalue weighted by atomic mass is 10.0. The Bertz CT molecular complexity index is 1330. The van der Waals surface area contributed by atoms with Gasteiger partial charge in [-0.3, -0.25) is 5.32 Å². The van der Waals surface area contributed by atoms with Gasteiger partial charge in [0.1, 0.15) is 12.0 Å². The summed E-state index contributed by atoms with van der Waals surface area (Å²) in [5.41, 5.74) is 4.64. The molecule has 1 aliphatic heterocycles. The second-order valence-electron chi connectivity index (χ2n) is 8.40. The van der Waals surface area contributed by atoms with E-state index in [1.54, 1.807) is 0 Å². The topological polar surface area (TPSA) is 105 Å². The van der Waals surface area contributed by atoms with Gasteiger partial charge < -0.3 is 14.7 Å². The van der Waals surface area contributed by atoms with Crippen LogP contribution in [0.2, 0.25) is 0 Å². The molecule has 1 atom stereocenters. The molecule has 1 fully saturated rings. The number of carbonyl (C=O) groups is 1. The molecule has 4 aromatic rings. The molecule has 0 radical (unpaired) electrons. The number of nitrogens with zero attached hydrogens (tertiary/aromatic N) is 5. The normalized spacial score (nSPS) is 16.2. The van der Waals surface area contributed by atoms with E-state index in [0.717, 1.165) is 23.3 Å². The van der Waals surface area contributed by atoms with Crippen LogP contribution in [-0.4, -0.2) is 56.7 Å². The molecular weight excluding hydrogens is 432 g/mol. The van der Waals surface area contributed by atoms with Crippen molar-refractivity contribution in [3.05, 3.63) is 77.1 Å². The van der Waals surface area contributed by atoms with E-state index in [4.69, 9.17) is 9.72 Å². The maximum Gasteiger partial charge on any atom is 0.338 e. The van der Waals surface area contributed by atoms with Crippen LogP contribution in [0.5, 0.6) is 0 Å². The van der Waals surface area contributed by atoms with E-state index in [0.29, 0.717) is 25.6 Å². The summed E-state index contributed by atoms with van der Waals surface area (Å²) in [6.07, 6.45) is 2.56. The van der Waals surface area contributed by atoms with Crippen molar-refractivity contribution >= 4 is 22.7 Å². The summed E-state index contributed by atoms with van der Waals surface area (Å²) in [4.78, 5) is 22.9. The van der Waals surface area contributed by atoms with Gasteiger partial charge >= 0.3 is 5.97 Å². The molecule has 0 bridgehead atoms. The highest BCUT2D eigenvalue weighted by molar-refractivity contribution is 5.90. The average Bonchev–Trinajstić information content (AvgIpc) is 3.34. The number of aromatic nitrogens is 4. The third-order valence-corrected chi connectivity index (χ3v) is 6.12. The summed E-state index contributed by atoms with van der Waals surface area (Å²) >= 11 is 0. The zero-order valence-corrected chi connectivity index (χ0v) is 19.1. The number of carboxylic acids is 1. The molecule has 2 N–H and O–H groups in total. The number of hydrogen-bond donors (Lipinski definition) is 2.